The van der Waals surface area contributed by atoms with Crippen LogP contribution in [0.1, 0.15) is 29.8 Å². The van der Waals surface area contributed by atoms with Crippen molar-refractivity contribution in [2.75, 3.05) is 12.3 Å². The Kier molecular flexibility index (Phi) is 3.28. The number of nitrogen functional groups attached to an aromatic ring is 1. The molecule has 0 spiro atoms. The van der Waals surface area contributed by atoms with E-state index in [2.05, 4.69) is 4.98 Å². The molecule has 0 aliphatic heterocycles. The summed E-state index contributed by atoms with van der Waals surface area (Å²) in [5, 5.41) is 10.6. The van der Waals surface area contributed by atoms with Gasteiger partial charge in [-0.25, -0.2) is 4.98 Å². The van der Waals surface area contributed by atoms with Crippen LogP contribution in [-0.4, -0.2) is 39.5 Å². The fraction of sp³-hybridized carbons (Fsp3) is 0.500. The Morgan fingerprint density at radius 1 is 1.59 bits per heavy atom. The van der Waals surface area contributed by atoms with Crippen LogP contribution in [0.3, 0.4) is 0 Å². The Bertz CT molecular complexity index is 442. The number of thiazole rings is 1. The standard InChI is InChI=1S/C10H13N3O3S/c11-10-12-7(5-17-10)9(16)13(6-1-2-6)4-3-8(14)15/h5-6H,1-4H2,(H2,11,12)(H,14,15). The van der Waals surface area contributed by atoms with Gasteiger partial charge in [0.15, 0.2) is 5.13 Å². The fourth-order valence-electron chi connectivity index (χ4n) is 1.59. The first-order valence-corrected chi connectivity index (χ1v) is 6.19. The zero-order valence-corrected chi connectivity index (χ0v) is 9.94. The zero-order valence-electron chi connectivity index (χ0n) is 9.13. The average Bonchev–Trinajstić information content (AvgIpc) is 3.00. The topological polar surface area (TPSA) is 96.5 Å². The van der Waals surface area contributed by atoms with Crippen molar-refractivity contribution in [1.82, 2.24) is 9.88 Å². The molecule has 7 heteroatoms. The van der Waals surface area contributed by atoms with Gasteiger partial charge in [-0.2, -0.15) is 0 Å². The Balaban J connectivity index is 2.05. The number of aliphatic carboxylic acids is 1. The second kappa shape index (κ2) is 4.70. The van der Waals surface area contributed by atoms with Gasteiger partial charge in [0.1, 0.15) is 5.69 Å². The molecule has 0 atom stereocenters. The maximum atomic E-state index is 12.1. The Morgan fingerprint density at radius 3 is 2.76 bits per heavy atom. The number of hydrogen-bond acceptors (Lipinski definition) is 5. The predicted molar refractivity (Wildman–Crippen MR) is 62.8 cm³/mol. The van der Waals surface area contributed by atoms with Gasteiger partial charge in [0.05, 0.1) is 6.42 Å². The van der Waals surface area contributed by atoms with Gasteiger partial charge in [0, 0.05) is 18.0 Å². The fourth-order valence-corrected chi connectivity index (χ4v) is 2.12. The van der Waals surface area contributed by atoms with Crippen molar-refractivity contribution in [2.45, 2.75) is 25.3 Å². The average molecular weight is 255 g/mol. The van der Waals surface area contributed by atoms with Crippen LogP contribution in [-0.2, 0) is 4.79 Å². The van der Waals surface area contributed by atoms with E-state index in [0.29, 0.717) is 10.8 Å². The molecule has 1 heterocycles. The van der Waals surface area contributed by atoms with E-state index in [1.807, 2.05) is 0 Å². The first-order chi connectivity index (χ1) is 8.08. The predicted octanol–water partition coefficient (Wildman–Crippen LogP) is 0.805. The lowest BCUT2D eigenvalue weighted by molar-refractivity contribution is -0.137. The number of amides is 1. The first kappa shape index (κ1) is 11.8. The number of rotatable bonds is 5. The van der Waals surface area contributed by atoms with E-state index in [0.717, 1.165) is 12.8 Å². The normalized spacial score (nSPS) is 14.6. The summed E-state index contributed by atoms with van der Waals surface area (Å²) in [6.07, 6.45) is 1.83. The van der Waals surface area contributed by atoms with Gasteiger partial charge in [-0.3, -0.25) is 9.59 Å². The number of anilines is 1. The van der Waals surface area contributed by atoms with E-state index in [4.69, 9.17) is 10.8 Å². The van der Waals surface area contributed by atoms with Crippen molar-refractivity contribution in [1.29, 1.82) is 0 Å². The van der Waals surface area contributed by atoms with Crippen molar-refractivity contribution in [3.63, 3.8) is 0 Å². The minimum atomic E-state index is -0.902. The maximum Gasteiger partial charge on any atom is 0.305 e. The summed E-state index contributed by atoms with van der Waals surface area (Å²) in [6, 6.07) is 0.171. The summed E-state index contributed by atoms with van der Waals surface area (Å²) in [6.45, 7) is 0.232. The number of aromatic nitrogens is 1. The molecular weight excluding hydrogens is 242 g/mol. The molecule has 6 nitrogen and oxygen atoms in total. The van der Waals surface area contributed by atoms with Crippen LogP contribution in [0, 0.1) is 0 Å². The summed E-state index contributed by atoms with van der Waals surface area (Å²) in [4.78, 5) is 28.1. The van der Waals surface area contributed by atoms with E-state index in [1.54, 1.807) is 10.3 Å². The lowest BCUT2D eigenvalue weighted by atomic mass is 10.3. The molecule has 1 fully saturated rings. The monoisotopic (exact) mass is 255 g/mol. The van der Waals surface area contributed by atoms with E-state index < -0.39 is 5.97 Å². The Labute approximate surface area is 102 Å². The highest BCUT2D eigenvalue weighted by Crippen LogP contribution is 2.28. The SMILES string of the molecule is Nc1nc(C(=O)N(CCC(=O)O)C2CC2)cs1. The van der Waals surface area contributed by atoms with Crippen molar-refractivity contribution >= 4 is 28.3 Å². The molecule has 3 N–H and O–H groups in total. The molecule has 0 unspecified atom stereocenters. The molecule has 2 rings (SSSR count). The van der Waals surface area contributed by atoms with E-state index in [9.17, 15) is 9.59 Å². The van der Waals surface area contributed by atoms with Gasteiger partial charge in [-0.15, -0.1) is 11.3 Å². The smallest absolute Gasteiger partial charge is 0.305 e. The summed E-state index contributed by atoms with van der Waals surface area (Å²) >= 11 is 1.21. The van der Waals surface area contributed by atoms with Crippen LogP contribution in [0.4, 0.5) is 5.13 Å². The summed E-state index contributed by atoms with van der Waals surface area (Å²) in [7, 11) is 0. The van der Waals surface area contributed by atoms with Crippen LogP contribution in [0.15, 0.2) is 5.38 Å². The highest BCUT2D eigenvalue weighted by molar-refractivity contribution is 7.13. The lowest BCUT2D eigenvalue weighted by Crippen LogP contribution is -2.35. The number of carboxylic acids is 1. The third-order valence-electron chi connectivity index (χ3n) is 2.56. The molecule has 0 bridgehead atoms. The van der Waals surface area contributed by atoms with Gasteiger partial charge in [0.25, 0.3) is 5.91 Å². The first-order valence-electron chi connectivity index (χ1n) is 5.31. The van der Waals surface area contributed by atoms with Gasteiger partial charge >= 0.3 is 5.97 Å². The van der Waals surface area contributed by atoms with Gasteiger partial charge in [0.2, 0.25) is 0 Å². The van der Waals surface area contributed by atoms with Gasteiger partial charge < -0.3 is 15.7 Å². The third kappa shape index (κ3) is 2.94. The van der Waals surface area contributed by atoms with Gasteiger partial charge in [-0.1, -0.05) is 0 Å². The molecular formula is C10H13N3O3S. The van der Waals surface area contributed by atoms with E-state index >= 15 is 0 Å². The molecule has 1 aliphatic carbocycles. The number of nitrogens with two attached hydrogens (primary N) is 1. The number of carboxylic acid groups (broad SMARTS) is 1. The zero-order chi connectivity index (χ0) is 12.4. The molecule has 17 heavy (non-hydrogen) atoms. The number of carbonyl (C=O) groups is 2. The van der Waals surface area contributed by atoms with Crippen molar-refractivity contribution in [2.24, 2.45) is 0 Å². The molecule has 92 valence electrons. The molecule has 1 amide bonds. The van der Waals surface area contributed by atoms with Crippen LogP contribution in [0.25, 0.3) is 0 Å². The summed E-state index contributed by atoms with van der Waals surface area (Å²) < 4.78 is 0. The number of nitrogens with zero attached hydrogens (tertiary/aromatic N) is 2. The third-order valence-corrected chi connectivity index (χ3v) is 3.23. The number of carbonyl (C=O) groups excluding carboxylic acids is 1. The van der Waals surface area contributed by atoms with Crippen LogP contribution in [0.5, 0.6) is 0 Å². The van der Waals surface area contributed by atoms with Crippen LogP contribution < -0.4 is 5.73 Å². The summed E-state index contributed by atoms with van der Waals surface area (Å²) in [5.74, 6) is -1.12. The molecule has 0 aromatic carbocycles. The molecule has 0 saturated heterocycles. The van der Waals surface area contributed by atoms with Crippen molar-refractivity contribution in [3.8, 4) is 0 Å². The van der Waals surface area contributed by atoms with Crippen molar-refractivity contribution in [3.05, 3.63) is 11.1 Å². The highest BCUT2D eigenvalue weighted by Gasteiger charge is 2.33. The van der Waals surface area contributed by atoms with Crippen molar-refractivity contribution < 1.29 is 14.7 Å². The Morgan fingerprint density at radius 2 is 2.29 bits per heavy atom. The van der Waals surface area contributed by atoms with E-state index in [-0.39, 0.29) is 24.9 Å². The van der Waals surface area contributed by atoms with Gasteiger partial charge in [-0.05, 0) is 12.8 Å². The van der Waals surface area contributed by atoms with Crippen LogP contribution in [0.2, 0.25) is 0 Å². The molecule has 0 radical (unpaired) electrons. The quantitative estimate of drug-likeness (QED) is 0.811. The largest absolute Gasteiger partial charge is 0.481 e. The molecule has 1 aromatic rings. The second-order valence-corrected chi connectivity index (χ2v) is 4.83. The van der Waals surface area contributed by atoms with Crippen LogP contribution >= 0.6 is 11.3 Å². The number of hydrogen-bond donors (Lipinski definition) is 2. The lowest BCUT2D eigenvalue weighted by Gasteiger charge is -2.20. The minimum absolute atomic E-state index is 0.0398. The van der Waals surface area contributed by atoms with E-state index in [1.165, 1.54) is 11.3 Å². The Hall–Kier alpha value is -1.63. The minimum Gasteiger partial charge on any atom is -0.481 e. The molecule has 1 aliphatic rings. The second-order valence-electron chi connectivity index (χ2n) is 3.94. The maximum absolute atomic E-state index is 12.1. The molecule has 1 saturated carbocycles. The summed E-state index contributed by atoms with van der Waals surface area (Å²) in [5.41, 5.74) is 5.78. The highest BCUT2D eigenvalue weighted by atomic mass is 32.1. The molecule has 1 aromatic heterocycles.